The van der Waals surface area contributed by atoms with E-state index in [-0.39, 0.29) is 0 Å². The van der Waals surface area contributed by atoms with E-state index in [2.05, 4.69) is 14.7 Å². The van der Waals surface area contributed by atoms with Crippen LogP contribution in [0.15, 0.2) is 18.6 Å². The molecule has 84 valence electrons. The van der Waals surface area contributed by atoms with E-state index in [1.165, 1.54) is 0 Å². The maximum Gasteiger partial charge on any atom is 0.405 e. The molecule has 1 aromatic heterocycles. The third kappa shape index (κ3) is 10.3. The minimum Gasteiger partial charge on any atom is -0.444 e. The summed E-state index contributed by atoms with van der Waals surface area (Å²) in [6.45, 7) is 7.19. The molecule has 1 amide bonds. The van der Waals surface area contributed by atoms with E-state index in [4.69, 9.17) is 5.73 Å². The van der Waals surface area contributed by atoms with E-state index in [1.54, 1.807) is 39.4 Å². The monoisotopic (exact) mass is 211 g/mol. The molecule has 0 spiro atoms. The minimum atomic E-state index is -0.725. The number of hydrogen-bond donors (Lipinski definition) is 1. The number of aromatic nitrogens is 2. The van der Waals surface area contributed by atoms with Gasteiger partial charge >= 0.3 is 6.09 Å². The summed E-state index contributed by atoms with van der Waals surface area (Å²) in [4.78, 5) is 17.8. The van der Waals surface area contributed by atoms with Crippen LogP contribution in [0, 0.1) is 6.92 Å². The predicted octanol–water partition coefficient (Wildman–Crippen LogP) is 1.67. The number of primary amides is 1. The number of nitrogens with zero attached hydrogens (tertiary/aromatic N) is 2. The molecule has 0 aliphatic heterocycles. The first kappa shape index (κ1) is 13.4. The van der Waals surface area contributed by atoms with Crippen LogP contribution in [0.1, 0.15) is 26.5 Å². The van der Waals surface area contributed by atoms with Gasteiger partial charge in [0.25, 0.3) is 0 Å². The zero-order chi connectivity index (χ0) is 11.9. The molecule has 2 N–H and O–H groups in total. The van der Waals surface area contributed by atoms with Crippen LogP contribution >= 0.6 is 0 Å². The van der Waals surface area contributed by atoms with Crippen LogP contribution in [0.25, 0.3) is 0 Å². The molecule has 1 heterocycles. The third-order valence-electron chi connectivity index (χ3n) is 1.10. The van der Waals surface area contributed by atoms with Crippen molar-refractivity contribution in [2.45, 2.75) is 33.3 Å². The minimum absolute atomic E-state index is 0.453. The average Bonchev–Trinajstić information content (AvgIpc) is 2.01. The molecule has 0 aromatic carbocycles. The molecule has 15 heavy (non-hydrogen) atoms. The Bertz CT molecular complexity index is 293. The Morgan fingerprint density at radius 3 is 2.13 bits per heavy atom. The van der Waals surface area contributed by atoms with E-state index in [0.29, 0.717) is 0 Å². The summed E-state index contributed by atoms with van der Waals surface area (Å²) < 4.78 is 4.58. The highest BCUT2D eigenvalue weighted by atomic mass is 16.6. The number of rotatable bonds is 0. The molecule has 0 atom stereocenters. The molecule has 0 saturated carbocycles. The lowest BCUT2D eigenvalue weighted by molar-refractivity contribution is 0.0600. The summed E-state index contributed by atoms with van der Waals surface area (Å²) in [6, 6.07) is 0. The molecule has 0 radical (unpaired) electrons. The van der Waals surface area contributed by atoms with Gasteiger partial charge < -0.3 is 10.5 Å². The van der Waals surface area contributed by atoms with Gasteiger partial charge in [-0.05, 0) is 27.7 Å². The Hall–Kier alpha value is -1.65. The van der Waals surface area contributed by atoms with Gasteiger partial charge in [0.15, 0.2) is 0 Å². The van der Waals surface area contributed by atoms with Crippen molar-refractivity contribution in [1.82, 2.24) is 9.97 Å². The van der Waals surface area contributed by atoms with Crippen molar-refractivity contribution in [3.05, 3.63) is 24.3 Å². The first-order valence-electron chi connectivity index (χ1n) is 4.52. The van der Waals surface area contributed by atoms with Crippen LogP contribution in [0.3, 0.4) is 0 Å². The van der Waals surface area contributed by atoms with E-state index < -0.39 is 11.7 Å². The number of amides is 1. The third-order valence-corrected chi connectivity index (χ3v) is 1.10. The molecule has 0 saturated heterocycles. The maximum absolute atomic E-state index is 10.0. The van der Waals surface area contributed by atoms with E-state index in [9.17, 15) is 4.79 Å². The first-order valence-corrected chi connectivity index (χ1v) is 4.52. The van der Waals surface area contributed by atoms with Crippen LogP contribution in [0.4, 0.5) is 4.79 Å². The number of carbonyl (C=O) groups is 1. The van der Waals surface area contributed by atoms with Crippen LogP contribution in [0.2, 0.25) is 0 Å². The second-order valence-corrected chi connectivity index (χ2v) is 3.88. The van der Waals surface area contributed by atoms with Gasteiger partial charge in [-0.2, -0.15) is 0 Å². The lowest BCUT2D eigenvalue weighted by atomic mass is 10.2. The highest BCUT2D eigenvalue weighted by Crippen LogP contribution is 2.04. The Balaban J connectivity index is 0.000000262. The van der Waals surface area contributed by atoms with Gasteiger partial charge in [0.1, 0.15) is 5.60 Å². The molecule has 5 nitrogen and oxygen atoms in total. The molecule has 5 heteroatoms. The quantitative estimate of drug-likeness (QED) is 0.708. The summed E-state index contributed by atoms with van der Waals surface area (Å²) in [5.41, 5.74) is 5.23. The fraction of sp³-hybridized carbons (Fsp3) is 0.500. The van der Waals surface area contributed by atoms with Gasteiger partial charge in [0, 0.05) is 18.6 Å². The Kier molecular flexibility index (Phi) is 5.30. The zero-order valence-corrected chi connectivity index (χ0v) is 9.52. The Labute approximate surface area is 89.7 Å². The molecule has 0 unspecified atom stereocenters. The van der Waals surface area contributed by atoms with E-state index >= 15 is 0 Å². The van der Waals surface area contributed by atoms with Crippen molar-refractivity contribution >= 4 is 6.09 Å². The van der Waals surface area contributed by atoms with Gasteiger partial charge in [0.2, 0.25) is 0 Å². The number of hydrogen-bond acceptors (Lipinski definition) is 4. The Morgan fingerprint density at radius 1 is 1.40 bits per heavy atom. The number of nitrogens with two attached hydrogens (primary N) is 1. The van der Waals surface area contributed by atoms with Crippen LogP contribution in [-0.2, 0) is 4.74 Å². The molecule has 0 bridgehead atoms. The summed E-state index contributed by atoms with van der Waals surface area (Å²) >= 11 is 0. The number of ether oxygens (including phenoxy) is 1. The lowest BCUT2D eigenvalue weighted by Gasteiger charge is -2.16. The summed E-state index contributed by atoms with van der Waals surface area (Å²) in [7, 11) is 0. The molecular weight excluding hydrogens is 194 g/mol. The van der Waals surface area contributed by atoms with Crippen molar-refractivity contribution in [3.63, 3.8) is 0 Å². The standard InChI is InChI=1S/C5H6N2.C5H11NO2/c1-5-4-6-2-3-7-5;1-5(2,3)8-4(6)7/h2-4H,1H3;1-3H3,(H2,6,7). The van der Waals surface area contributed by atoms with Crippen molar-refractivity contribution in [3.8, 4) is 0 Å². The summed E-state index contributed by atoms with van der Waals surface area (Å²) in [5.74, 6) is 0. The van der Waals surface area contributed by atoms with Crippen molar-refractivity contribution in [2.24, 2.45) is 5.73 Å². The summed E-state index contributed by atoms with van der Waals surface area (Å²) in [5, 5.41) is 0. The molecule has 0 aliphatic rings. The molecular formula is C10H17N3O2. The molecule has 1 rings (SSSR count). The van der Waals surface area contributed by atoms with Gasteiger partial charge in [-0.1, -0.05) is 0 Å². The predicted molar refractivity (Wildman–Crippen MR) is 57.2 cm³/mol. The van der Waals surface area contributed by atoms with Crippen LogP contribution in [-0.4, -0.2) is 21.7 Å². The number of carbonyl (C=O) groups excluding carboxylic acids is 1. The zero-order valence-electron chi connectivity index (χ0n) is 9.52. The van der Waals surface area contributed by atoms with Crippen molar-refractivity contribution in [1.29, 1.82) is 0 Å². The van der Waals surface area contributed by atoms with Crippen molar-refractivity contribution < 1.29 is 9.53 Å². The fourth-order valence-electron chi connectivity index (χ4n) is 0.675. The highest BCUT2D eigenvalue weighted by Gasteiger charge is 2.12. The average molecular weight is 211 g/mol. The summed E-state index contributed by atoms with van der Waals surface area (Å²) in [6.07, 6.45) is 4.33. The van der Waals surface area contributed by atoms with Gasteiger partial charge in [-0.3, -0.25) is 9.97 Å². The Morgan fingerprint density at radius 2 is 2.00 bits per heavy atom. The van der Waals surface area contributed by atoms with E-state index in [1.807, 2.05) is 6.92 Å². The van der Waals surface area contributed by atoms with Gasteiger partial charge in [-0.25, -0.2) is 4.79 Å². The number of aryl methyl sites for hydroxylation is 1. The second-order valence-electron chi connectivity index (χ2n) is 3.88. The SMILES string of the molecule is CC(C)(C)OC(N)=O.Cc1cnccn1. The van der Waals surface area contributed by atoms with Crippen LogP contribution < -0.4 is 5.73 Å². The van der Waals surface area contributed by atoms with Gasteiger partial charge in [0.05, 0.1) is 5.69 Å². The van der Waals surface area contributed by atoms with Crippen LogP contribution in [0.5, 0.6) is 0 Å². The largest absolute Gasteiger partial charge is 0.444 e. The maximum atomic E-state index is 10.0. The van der Waals surface area contributed by atoms with Crippen molar-refractivity contribution in [2.75, 3.05) is 0 Å². The highest BCUT2D eigenvalue weighted by molar-refractivity contribution is 5.65. The molecule has 1 aromatic rings. The fourth-order valence-corrected chi connectivity index (χ4v) is 0.675. The normalized spacial score (nSPS) is 9.87. The first-order chi connectivity index (χ1) is 6.81. The van der Waals surface area contributed by atoms with E-state index in [0.717, 1.165) is 5.69 Å². The van der Waals surface area contributed by atoms with Gasteiger partial charge in [-0.15, -0.1) is 0 Å². The molecule has 0 fully saturated rings. The second kappa shape index (κ2) is 5.95. The smallest absolute Gasteiger partial charge is 0.405 e. The molecule has 0 aliphatic carbocycles. The lowest BCUT2D eigenvalue weighted by Crippen LogP contribution is -2.27. The topological polar surface area (TPSA) is 78.1 Å².